The Hall–Kier alpha value is -0.810. The van der Waals surface area contributed by atoms with Gasteiger partial charge in [0.25, 0.3) is 0 Å². The van der Waals surface area contributed by atoms with E-state index in [-0.39, 0.29) is 0 Å². The van der Waals surface area contributed by atoms with E-state index in [0.29, 0.717) is 5.95 Å². The Kier molecular flexibility index (Phi) is 4.62. The van der Waals surface area contributed by atoms with Gasteiger partial charge in [0.15, 0.2) is 0 Å². The molecular weight excluding hydrogens is 232 g/mol. The van der Waals surface area contributed by atoms with Gasteiger partial charge < -0.3 is 5.32 Å². The monoisotopic (exact) mass is 252 g/mol. The Balaban J connectivity index is 1.88. The van der Waals surface area contributed by atoms with Gasteiger partial charge in [-0.15, -0.1) is 0 Å². The van der Waals surface area contributed by atoms with E-state index in [1.165, 1.54) is 25.9 Å². The quantitative estimate of drug-likeness (QED) is 0.885. The molecular formula is C12H20N4S. The summed E-state index contributed by atoms with van der Waals surface area (Å²) in [6.07, 6.45) is 6.63. The van der Waals surface area contributed by atoms with Crippen LogP contribution in [0, 0.1) is 0 Å². The number of nitrogens with zero attached hydrogens (tertiary/aromatic N) is 3. The van der Waals surface area contributed by atoms with E-state index in [4.69, 9.17) is 0 Å². The van der Waals surface area contributed by atoms with Crippen molar-refractivity contribution in [3.63, 3.8) is 0 Å². The minimum Gasteiger partial charge on any atom is -0.357 e. The van der Waals surface area contributed by atoms with E-state index in [1.807, 2.05) is 31.1 Å². The van der Waals surface area contributed by atoms with Crippen molar-refractivity contribution in [2.75, 3.05) is 31.7 Å². The van der Waals surface area contributed by atoms with E-state index in [9.17, 15) is 0 Å². The highest BCUT2D eigenvalue weighted by Crippen LogP contribution is 2.21. The summed E-state index contributed by atoms with van der Waals surface area (Å²) in [5.41, 5.74) is 1.10. The summed E-state index contributed by atoms with van der Waals surface area (Å²) in [6, 6.07) is 2.00. The van der Waals surface area contributed by atoms with Crippen molar-refractivity contribution in [2.45, 2.75) is 24.6 Å². The lowest BCUT2D eigenvalue weighted by Gasteiger charge is -2.30. The topological polar surface area (TPSA) is 41.1 Å². The lowest BCUT2D eigenvalue weighted by atomic mass is 10.1. The summed E-state index contributed by atoms with van der Waals surface area (Å²) in [5.74, 6) is 0.710. The van der Waals surface area contributed by atoms with Crippen molar-refractivity contribution in [1.29, 1.82) is 0 Å². The highest BCUT2D eigenvalue weighted by Gasteiger charge is 2.18. The largest absolute Gasteiger partial charge is 0.357 e. The number of thioether (sulfide) groups is 1. The lowest BCUT2D eigenvalue weighted by molar-refractivity contribution is 0.222. The molecule has 4 nitrogen and oxygen atoms in total. The molecule has 1 aromatic heterocycles. The van der Waals surface area contributed by atoms with Crippen LogP contribution in [0.1, 0.15) is 18.5 Å². The Morgan fingerprint density at radius 3 is 2.88 bits per heavy atom. The molecule has 0 radical (unpaired) electrons. The van der Waals surface area contributed by atoms with Crippen LogP contribution in [0.15, 0.2) is 12.3 Å². The average molecular weight is 252 g/mol. The third-order valence-corrected chi connectivity index (χ3v) is 4.33. The summed E-state index contributed by atoms with van der Waals surface area (Å²) >= 11 is 2.00. The summed E-state index contributed by atoms with van der Waals surface area (Å²) in [4.78, 5) is 11.1. The van der Waals surface area contributed by atoms with E-state index in [2.05, 4.69) is 26.4 Å². The molecule has 0 unspecified atom stereocenters. The minimum absolute atomic E-state index is 0.710. The van der Waals surface area contributed by atoms with Gasteiger partial charge in [-0.05, 0) is 38.3 Å². The van der Waals surface area contributed by atoms with Crippen LogP contribution in [0.25, 0.3) is 0 Å². The summed E-state index contributed by atoms with van der Waals surface area (Å²) in [7, 11) is 1.85. The second-order valence-electron chi connectivity index (χ2n) is 4.33. The molecule has 5 heteroatoms. The van der Waals surface area contributed by atoms with Gasteiger partial charge in [-0.25, -0.2) is 9.97 Å². The number of nitrogens with one attached hydrogen (secondary N) is 1. The van der Waals surface area contributed by atoms with Crippen molar-refractivity contribution in [3.05, 3.63) is 18.0 Å². The van der Waals surface area contributed by atoms with E-state index < -0.39 is 0 Å². The number of hydrogen-bond acceptors (Lipinski definition) is 5. The highest BCUT2D eigenvalue weighted by molar-refractivity contribution is 7.99. The zero-order valence-corrected chi connectivity index (χ0v) is 11.3. The lowest BCUT2D eigenvalue weighted by Crippen LogP contribution is -2.34. The Labute approximate surface area is 107 Å². The molecule has 0 saturated carbocycles. The van der Waals surface area contributed by atoms with E-state index in [0.717, 1.165) is 17.5 Å². The standard InChI is InChI=1S/C12H20N4S/c1-13-12-14-6-3-10(15-12)9-16-7-4-11(17-2)5-8-16/h3,6,11H,4-5,7-9H2,1-2H3,(H,13,14,15). The summed E-state index contributed by atoms with van der Waals surface area (Å²) < 4.78 is 0. The van der Waals surface area contributed by atoms with Crippen LogP contribution in [0.5, 0.6) is 0 Å². The molecule has 94 valence electrons. The number of aromatic nitrogens is 2. The fraction of sp³-hybridized carbons (Fsp3) is 0.667. The molecule has 1 aliphatic heterocycles. The molecule has 0 amide bonds. The van der Waals surface area contributed by atoms with E-state index in [1.54, 1.807) is 0 Å². The number of piperidine rings is 1. The second kappa shape index (κ2) is 6.21. The number of hydrogen-bond donors (Lipinski definition) is 1. The zero-order valence-electron chi connectivity index (χ0n) is 10.5. The summed E-state index contributed by atoms with van der Waals surface area (Å²) in [5, 5.41) is 3.83. The maximum absolute atomic E-state index is 4.46. The molecule has 0 bridgehead atoms. The molecule has 1 fully saturated rings. The van der Waals surface area contributed by atoms with Crippen LogP contribution in [0.3, 0.4) is 0 Å². The highest BCUT2D eigenvalue weighted by atomic mass is 32.2. The molecule has 0 atom stereocenters. The van der Waals surface area contributed by atoms with Gasteiger partial charge >= 0.3 is 0 Å². The van der Waals surface area contributed by atoms with Gasteiger partial charge in [-0.3, -0.25) is 4.90 Å². The Bertz CT molecular complexity index is 350. The van der Waals surface area contributed by atoms with Crippen LogP contribution in [0.4, 0.5) is 5.95 Å². The molecule has 17 heavy (non-hydrogen) atoms. The van der Waals surface area contributed by atoms with Crippen molar-refractivity contribution in [3.8, 4) is 0 Å². The van der Waals surface area contributed by atoms with Gasteiger partial charge in [0.05, 0.1) is 5.69 Å². The van der Waals surface area contributed by atoms with Crippen molar-refractivity contribution in [1.82, 2.24) is 14.9 Å². The fourth-order valence-corrected chi connectivity index (χ4v) is 2.82. The van der Waals surface area contributed by atoms with Gasteiger partial charge in [0, 0.05) is 25.0 Å². The van der Waals surface area contributed by atoms with Gasteiger partial charge in [-0.2, -0.15) is 11.8 Å². The predicted molar refractivity (Wildman–Crippen MR) is 73.4 cm³/mol. The Morgan fingerprint density at radius 2 is 2.24 bits per heavy atom. The Morgan fingerprint density at radius 1 is 1.47 bits per heavy atom. The summed E-state index contributed by atoms with van der Waals surface area (Å²) in [6.45, 7) is 3.31. The maximum Gasteiger partial charge on any atom is 0.222 e. The third-order valence-electron chi connectivity index (χ3n) is 3.19. The number of likely N-dealkylation sites (tertiary alicyclic amines) is 1. The second-order valence-corrected chi connectivity index (χ2v) is 5.47. The van der Waals surface area contributed by atoms with E-state index >= 15 is 0 Å². The van der Waals surface area contributed by atoms with Crippen LogP contribution in [-0.2, 0) is 6.54 Å². The van der Waals surface area contributed by atoms with Gasteiger partial charge in [0.2, 0.25) is 5.95 Å². The first-order valence-corrected chi connectivity index (χ1v) is 7.35. The van der Waals surface area contributed by atoms with Gasteiger partial charge in [0.1, 0.15) is 0 Å². The SMILES string of the molecule is CNc1nccc(CN2CCC(SC)CC2)n1. The first-order chi connectivity index (χ1) is 8.31. The minimum atomic E-state index is 0.710. The third kappa shape index (κ3) is 3.57. The fourth-order valence-electron chi connectivity index (χ4n) is 2.14. The zero-order chi connectivity index (χ0) is 12.1. The van der Waals surface area contributed by atoms with Gasteiger partial charge in [-0.1, -0.05) is 0 Å². The normalized spacial score (nSPS) is 18.2. The molecule has 2 rings (SSSR count). The smallest absolute Gasteiger partial charge is 0.222 e. The average Bonchev–Trinajstić information content (AvgIpc) is 2.40. The molecule has 1 saturated heterocycles. The van der Waals surface area contributed by atoms with Crippen molar-refractivity contribution < 1.29 is 0 Å². The van der Waals surface area contributed by atoms with Crippen molar-refractivity contribution in [2.24, 2.45) is 0 Å². The maximum atomic E-state index is 4.46. The molecule has 0 aromatic carbocycles. The van der Waals surface area contributed by atoms with Crippen LogP contribution < -0.4 is 5.32 Å². The first kappa shape index (κ1) is 12.6. The first-order valence-electron chi connectivity index (χ1n) is 6.06. The van der Waals surface area contributed by atoms with Crippen molar-refractivity contribution >= 4 is 17.7 Å². The number of anilines is 1. The molecule has 2 heterocycles. The molecule has 0 spiro atoms. The van der Waals surface area contributed by atoms with Crippen LogP contribution in [-0.4, -0.2) is 46.5 Å². The number of rotatable bonds is 4. The van der Waals surface area contributed by atoms with Crippen LogP contribution >= 0.6 is 11.8 Å². The molecule has 0 aliphatic carbocycles. The molecule has 1 N–H and O–H groups in total. The molecule has 1 aliphatic rings. The van der Waals surface area contributed by atoms with Crippen LogP contribution in [0.2, 0.25) is 0 Å². The predicted octanol–water partition coefficient (Wildman–Crippen LogP) is 1.85. The molecule has 1 aromatic rings.